The monoisotopic (exact) mass is 725 g/mol. The molecule has 2 heteroatoms. The molecule has 0 fully saturated rings. The van der Waals surface area contributed by atoms with Crippen molar-refractivity contribution in [2.75, 3.05) is 4.90 Å². The van der Waals surface area contributed by atoms with E-state index >= 15 is 0 Å². The van der Waals surface area contributed by atoms with Gasteiger partial charge in [-0.25, -0.2) is 0 Å². The third-order valence-electron chi connectivity index (χ3n) is 12.3. The summed E-state index contributed by atoms with van der Waals surface area (Å²) in [5, 5.41) is 2.24. The van der Waals surface area contributed by atoms with Gasteiger partial charge in [0.2, 0.25) is 0 Å². The molecular formula is C55H35NO. The zero-order valence-electron chi connectivity index (χ0n) is 31.1. The highest BCUT2D eigenvalue weighted by molar-refractivity contribution is 6.11. The van der Waals surface area contributed by atoms with Crippen LogP contribution in [0.5, 0.6) is 0 Å². The van der Waals surface area contributed by atoms with Gasteiger partial charge in [0.15, 0.2) is 0 Å². The minimum atomic E-state index is -0.452. The van der Waals surface area contributed by atoms with E-state index in [1.54, 1.807) is 0 Å². The van der Waals surface area contributed by atoms with Gasteiger partial charge in [-0.1, -0.05) is 176 Å². The molecule has 0 saturated heterocycles. The number of nitrogens with zero attached hydrogens (tertiary/aromatic N) is 1. The molecular weight excluding hydrogens is 691 g/mol. The molecule has 0 amide bonds. The van der Waals surface area contributed by atoms with E-state index in [1.807, 2.05) is 6.07 Å². The molecule has 10 aromatic rings. The van der Waals surface area contributed by atoms with E-state index in [9.17, 15) is 0 Å². The Bertz CT molecular complexity index is 3140. The molecule has 1 spiro atoms. The number of para-hydroxylation sites is 3. The van der Waals surface area contributed by atoms with Crippen molar-refractivity contribution < 1.29 is 4.42 Å². The largest absolute Gasteiger partial charge is 0.455 e. The molecule has 0 aliphatic heterocycles. The van der Waals surface area contributed by atoms with Crippen LogP contribution in [0.2, 0.25) is 0 Å². The SMILES string of the molecule is c1ccc(-c2cccc(N(c3ccc4c(c3)C3(c5ccccc5-c5ccccc53)c3ccccc3-4)c3ccccc3-c3cccc4c3oc3ccccc34)c2)cc1. The first-order chi connectivity index (χ1) is 28.3. The van der Waals surface area contributed by atoms with Crippen LogP contribution in [0, 0.1) is 0 Å². The summed E-state index contributed by atoms with van der Waals surface area (Å²) >= 11 is 0. The fraction of sp³-hybridized carbons (Fsp3) is 0.0182. The zero-order valence-corrected chi connectivity index (χ0v) is 31.1. The Kier molecular flexibility index (Phi) is 6.88. The second kappa shape index (κ2) is 12.3. The lowest BCUT2D eigenvalue weighted by Crippen LogP contribution is -2.26. The number of rotatable bonds is 5. The highest BCUT2D eigenvalue weighted by atomic mass is 16.3. The average Bonchev–Trinajstić information content (AvgIpc) is 3.91. The van der Waals surface area contributed by atoms with Crippen LogP contribution in [0.25, 0.3) is 66.4 Å². The second-order valence-corrected chi connectivity index (χ2v) is 15.2. The van der Waals surface area contributed by atoms with E-state index in [0.29, 0.717) is 0 Å². The summed E-state index contributed by atoms with van der Waals surface area (Å²) in [6.45, 7) is 0. The van der Waals surface area contributed by atoms with Crippen molar-refractivity contribution in [1.29, 1.82) is 0 Å². The van der Waals surface area contributed by atoms with Crippen molar-refractivity contribution >= 4 is 39.0 Å². The molecule has 1 aromatic heterocycles. The molecule has 1 heterocycles. The first kappa shape index (κ1) is 31.9. The molecule has 0 bridgehead atoms. The quantitative estimate of drug-likeness (QED) is 0.176. The summed E-state index contributed by atoms with van der Waals surface area (Å²) in [6.07, 6.45) is 0. The summed E-state index contributed by atoms with van der Waals surface area (Å²) in [4.78, 5) is 2.45. The van der Waals surface area contributed by atoms with Crippen molar-refractivity contribution in [3.63, 3.8) is 0 Å². The van der Waals surface area contributed by atoms with E-state index in [1.165, 1.54) is 55.6 Å². The van der Waals surface area contributed by atoms with Gasteiger partial charge in [-0.15, -0.1) is 0 Å². The van der Waals surface area contributed by atoms with Gasteiger partial charge in [0.1, 0.15) is 11.2 Å². The lowest BCUT2D eigenvalue weighted by atomic mass is 9.70. The Morgan fingerprint density at radius 3 is 1.60 bits per heavy atom. The number of fused-ring (bicyclic) bond motifs is 13. The van der Waals surface area contributed by atoms with E-state index in [-0.39, 0.29) is 0 Å². The Morgan fingerprint density at radius 1 is 0.333 bits per heavy atom. The number of benzene rings is 9. The van der Waals surface area contributed by atoms with Gasteiger partial charge in [0.05, 0.1) is 11.1 Å². The van der Waals surface area contributed by atoms with Crippen LogP contribution in [0.3, 0.4) is 0 Å². The van der Waals surface area contributed by atoms with Crippen molar-refractivity contribution in [1.82, 2.24) is 0 Å². The maximum atomic E-state index is 6.67. The predicted octanol–water partition coefficient (Wildman–Crippen LogP) is 14.7. The molecule has 2 nitrogen and oxygen atoms in total. The lowest BCUT2D eigenvalue weighted by molar-refractivity contribution is 0.670. The third kappa shape index (κ3) is 4.53. The van der Waals surface area contributed by atoms with Gasteiger partial charge in [-0.2, -0.15) is 0 Å². The van der Waals surface area contributed by atoms with E-state index in [4.69, 9.17) is 4.42 Å². The molecule has 0 saturated carbocycles. The van der Waals surface area contributed by atoms with Crippen molar-refractivity contribution in [3.8, 4) is 44.5 Å². The van der Waals surface area contributed by atoms with Gasteiger partial charge in [-0.3, -0.25) is 0 Å². The summed E-state index contributed by atoms with van der Waals surface area (Å²) in [6, 6.07) is 77.5. The number of furan rings is 1. The molecule has 0 radical (unpaired) electrons. The minimum absolute atomic E-state index is 0.452. The minimum Gasteiger partial charge on any atom is -0.455 e. The molecule has 57 heavy (non-hydrogen) atoms. The van der Waals surface area contributed by atoms with Crippen molar-refractivity contribution in [3.05, 3.63) is 235 Å². The Labute approximate surface area is 331 Å². The van der Waals surface area contributed by atoms with Crippen molar-refractivity contribution in [2.45, 2.75) is 5.41 Å². The van der Waals surface area contributed by atoms with Crippen LogP contribution >= 0.6 is 0 Å². The summed E-state index contributed by atoms with van der Waals surface area (Å²) in [7, 11) is 0. The van der Waals surface area contributed by atoms with Crippen LogP contribution in [-0.4, -0.2) is 0 Å². The Morgan fingerprint density at radius 2 is 0.860 bits per heavy atom. The molecule has 12 rings (SSSR count). The topological polar surface area (TPSA) is 16.4 Å². The first-order valence-electron chi connectivity index (χ1n) is 19.7. The third-order valence-corrected chi connectivity index (χ3v) is 12.3. The molecule has 2 aliphatic rings. The highest BCUT2D eigenvalue weighted by Gasteiger charge is 2.51. The standard InChI is InChI=1S/C55H35NO/c1-2-16-36(17-3-1)37-18-14-19-38(34-37)56(52-30-12-7-23-44(52)46-25-15-26-47-45-24-8-13-31-53(45)57-54(46)47)39-32-33-43-42-22-6-11-29-50(42)55(51(43)35-39)48-27-9-4-20-40(48)41-21-5-10-28-49(41)55/h1-35H. The summed E-state index contributed by atoms with van der Waals surface area (Å²) < 4.78 is 6.67. The number of hydrogen-bond donors (Lipinski definition) is 0. The maximum Gasteiger partial charge on any atom is 0.143 e. The van der Waals surface area contributed by atoms with Crippen LogP contribution < -0.4 is 4.90 Å². The number of hydrogen-bond acceptors (Lipinski definition) is 2. The smallest absolute Gasteiger partial charge is 0.143 e. The van der Waals surface area contributed by atoms with Gasteiger partial charge in [-0.05, 0) is 92.0 Å². The van der Waals surface area contributed by atoms with Gasteiger partial charge < -0.3 is 9.32 Å². The van der Waals surface area contributed by atoms with E-state index in [0.717, 1.165) is 50.1 Å². The van der Waals surface area contributed by atoms with Crippen LogP contribution in [-0.2, 0) is 5.41 Å². The second-order valence-electron chi connectivity index (χ2n) is 15.2. The Hall–Kier alpha value is -7.42. The normalized spacial score (nSPS) is 13.1. The molecule has 266 valence electrons. The van der Waals surface area contributed by atoms with Crippen molar-refractivity contribution in [2.24, 2.45) is 0 Å². The van der Waals surface area contributed by atoms with Gasteiger partial charge in [0.25, 0.3) is 0 Å². The maximum absolute atomic E-state index is 6.67. The molecule has 0 N–H and O–H groups in total. The number of anilines is 3. The fourth-order valence-corrected chi connectivity index (χ4v) is 9.96. The predicted molar refractivity (Wildman–Crippen MR) is 236 cm³/mol. The first-order valence-corrected chi connectivity index (χ1v) is 19.7. The molecule has 2 aliphatic carbocycles. The fourth-order valence-electron chi connectivity index (χ4n) is 9.96. The molecule has 0 atom stereocenters. The van der Waals surface area contributed by atoms with Gasteiger partial charge >= 0.3 is 0 Å². The molecule has 0 unspecified atom stereocenters. The summed E-state index contributed by atoms with van der Waals surface area (Å²) in [5.74, 6) is 0. The average molecular weight is 726 g/mol. The lowest BCUT2D eigenvalue weighted by Gasteiger charge is -2.33. The zero-order chi connectivity index (χ0) is 37.5. The highest BCUT2D eigenvalue weighted by Crippen LogP contribution is 2.63. The van der Waals surface area contributed by atoms with Crippen LogP contribution in [0.4, 0.5) is 17.1 Å². The Balaban J connectivity index is 1.14. The summed E-state index contributed by atoms with van der Waals surface area (Å²) in [5.41, 5.74) is 19.6. The molecule has 9 aromatic carbocycles. The van der Waals surface area contributed by atoms with Crippen LogP contribution in [0.1, 0.15) is 22.3 Å². The van der Waals surface area contributed by atoms with Crippen LogP contribution in [0.15, 0.2) is 217 Å². The van der Waals surface area contributed by atoms with Gasteiger partial charge in [0, 0.05) is 33.3 Å². The van der Waals surface area contributed by atoms with E-state index < -0.39 is 5.41 Å². The van der Waals surface area contributed by atoms with E-state index in [2.05, 4.69) is 211 Å².